The van der Waals surface area contributed by atoms with E-state index < -0.39 is 0 Å². The summed E-state index contributed by atoms with van der Waals surface area (Å²) in [5.74, 6) is 1.34. The van der Waals surface area contributed by atoms with Crippen molar-refractivity contribution >= 4 is 23.4 Å². The average Bonchev–Trinajstić information content (AvgIpc) is 3.37. The third-order valence-corrected chi connectivity index (χ3v) is 6.63. The van der Waals surface area contributed by atoms with Crippen LogP contribution < -0.4 is 4.74 Å². The summed E-state index contributed by atoms with van der Waals surface area (Å²) in [6.45, 7) is 4.42. The van der Waals surface area contributed by atoms with Crippen LogP contribution in [0, 0.1) is 0 Å². The molecule has 3 aromatic rings. The van der Waals surface area contributed by atoms with Gasteiger partial charge in [0, 0.05) is 23.2 Å². The van der Waals surface area contributed by atoms with E-state index in [4.69, 9.17) is 20.9 Å². The standard InChI is InChI=1S/C27H31ClN4O4/c1-18(2)32(24(33)15-19-10-12-22(35-3)13-11-19)17-25(34)31-14-5-4-9-23(31)27-29-26(30-36-27)20-7-6-8-21(28)16-20/h6-8,10-13,16,18,23H,4-5,9,14-15,17H2,1-3H3. The number of hydrogen-bond donors (Lipinski definition) is 0. The lowest BCUT2D eigenvalue weighted by molar-refractivity contribution is -0.144. The van der Waals surface area contributed by atoms with Gasteiger partial charge in [0.05, 0.1) is 13.5 Å². The number of ether oxygens (including phenoxy) is 1. The van der Waals surface area contributed by atoms with Crippen LogP contribution >= 0.6 is 11.6 Å². The predicted molar refractivity (Wildman–Crippen MR) is 137 cm³/mol. The minimum Gasteiger partial charge on any atom is -0.497 e. The number of methoxy groups -OCH3 is 1. The maximum absolute atomic E-state index is 13.5. The van der Waals surface area contributed by atoms with Crippen LogP contribution in [0.1, 0.15) is 50.6 Å². The number of benzene rings is 2. The van der Waals surface area contributed by atoms with Crippen LogP contribution in [0.25, 0.3) is 11.4 Å². The zero-order chi connectivity index (χ0) is 25.7. The summed E-state index contributed by atoms with van der Waals surface area (Å²) in [6.07, 6.45) is 2.78. The zero-order valence-electron chi connectivity index (χ0n) is 20.8. The van der Waals surface area contributed by atoms with Crippen molar-refractivity contribution in [2.45, 2.75) is 51.6 Å². The lowest BCUT2D eigenvalue weighted by Crippen LogP contribution is -2.48. The van der Waals surface area contributed by atoms with Gasteiger partial charge in [-0.3, -0.25) is 9.59 Å². The second kappa shape index (κ2) is 11.6. The van der Waals surface area contributed by atoms with Gasteiger partial charge >= 0.3 is 0 Å². The summed E-state index contributed by atoms with van der Waals surface area (Å²) in [5, 5.41) is 4.70. The first kappa shape index (κ1) is 25.7. The molecule has 2 aromatic carbocycles. The number of carbonyl (C=O) groups excluding carboxylic acids is 2. The van der Waals surface area contributed by atoms with Crippen molar-refractivity contribution in [2.75, 3.05) is 20.2 Å². The fourth-order valence-electron chi connectivity index (χ4n) is 4.42. The van der Waals surface area contributed by atoms with Gasteiger partial charge in [-0.2, -0.15) is 4.98 Å². The molecule has 4 rings (SSSR count). The van der Waals surface area contributed by atoms with E-state index in [-0.39, 0.29) is 36.9 Å². The first-order valence-corrected chi connectivity index (χ1v) is 12.5. The van der Waals surface area contributed by atoms with E-state index in [0.29, 0.717) is 23.3 Å². The topological polar surface area (TPSA) is 88.8 Å². The molecule has 0 radical (unpaired) electrons. The fourth-order valence-corrected chi connectivity index (χ4v) is 4.61. The molecule has 8 nitrogen and oxygen atoms in total. The van der Waals surface area contributed by atoms with Crippen molar-refractivity contribution in [1.82, 2.24) is 19.9 Å². The van der Waals surface area contributed by atoms with Gasteiger partial charge in [-0.25, -0.2) is 0 Å². The summed E-state index contributed by atoms with van der Waals surface area (Å²) >= 11 is 6.10. The number of amides is 2. The van der Waals surface area contributed by atoms with Crippen LogP contribution in [0.15, 0.2) is 53.1 Å². The van der Waals surface area contributed by atoms with Crippen LogP contribution in [0.5, 0.6) is 5.75 Å². The van der Waals surface area contributed by atoms with Gasteiger partial charge in [0.15, 0.2) is 0 Å². The monoisotopic (exact) mass is 510 g/mol. The summed E-state index contributed by atoms with van der Waals surface area (Å²) in [4.78, 5) is 34.6. The molecule has 36 heavy (non-hydrogen) atoms. The van der Waals surface area contributed by atoms with Crippen molar-refractivity contribution in [2.24, 2.45) is 0 Å². The molecule has 0 spiro atoms. The molecule has 0 saturated carbocycles. The minimum absolute atomic E-state index is 0.00155. The molecule has 0 bridgehead atoms. The maximum Gasteiger partial charge on any atom is 0.249 e. The molecule has 2 heterocycles. The summed E-state index contributed by atoms with van der Waals surface area (Å²) in [7, 11) is 1.60. The van der Waals surface area contributed by atoms with Crippen molar-refractivity contribution in [3.63, 3.8) is 0 Å². The molecule has 1 aromatic heterocycles. The highest BCUT2D eigenvalue weighted by atomic mass is 35.5. The molecule has 0 N–H and O–H groups in total. The number of piperidine rings is 1. The van der Waals surface area contributed by atoms with Crippen molar-refractivity contribution in [3.05, 3.63) is 65.0 Å². The van der Waals surface area contributed by atoms with E-state index in [1.54, 1.807) is 29.0 Å². The van der Waals surface area contributed by atoms with Crippen LogP contribution in [0.3, 0.4) is 0 Å². The van der Waals surface area contributed by atoms with Gasteiger partial charge in [-0.15, -0.1) is 0 Å². The van der Waals surface area contributed by atoms with Crippen LogP contribution in [-0.2, 0) is 16.0 Å². The van der Waals surface area contributed by atoms with E-state index in [0.717, 1.165) is 36.1 Å². The van der Waals surface area contributed by atoms with E-state index in [1.807, 2.05) is 50.2 Å². The van der Waals surface area contributed by atoms with Crippen LogP contribution in [0.2, 0.25) is 5.02 Å². The lowest BCUT2D eigenvalue weighted by Gasteiger charge is -2.36. The molecular formula is C27H31ClN4O4. The first-order valence-electron chi connectivity index (χ1n) is 12.2. The Kier molecular flexibility index (Phi) is 8.25. The van der Waals surface area contributed by atoms with Gasteiger partial charge < -0.3 is 19.1 Å². The average molecular weight is 511 g/mol. The van der Waals surface area contributed by atoms with Gasteiger partial charge in [-0.05, 0) is 62.9 Å². The SMILES string of the molecule is COc1ccc(CC(=O)N(CC(=O)N2CCCCC2c2nc(-c3cccc(Cl)c3)no2)C(C)C)cc1. The van der Waals surface area contributed by atoms with Crippen molar-refractivity contribution in [3.8, 4) is 17.1 Å². The largest absolute Gasteiger partial charge is 0.497 e. The Labute approximate surface area is 216 Å². The Morgan fingerprint density at radius 1 is 1.19 bits per heavy atom. The van der Waals surface area contributed by atoms with E-state index in [9.17, 15) is 9.59 Å². The quantitative estimate of drug-likeness (QED) is 0.427. The summed E-state index contributed by atoms with van der Waals surface area (Å²) < 4.78 is 10.8. The van der Waals surface area contributed by atoms with Crippen LogP contribution in [0.4, 0.5) is 0 Å². The number of nitrogens with zero attached hydrogens (tertiary/aromatic N) is 4. The molecule has 1 unspecified atom stereocenters. The Morgan fingerprint density at radius 3 is 2.67 bits per heavy atom. The van der Waals surface area contributed by atoms with E-state index in [1.165, 1.54) is 0 Å². The molecular weight excluding hydrogens is 480 g/mol. The van der Waals surface area contributed by atoms with Gasteiger partial charge in [0.2, 0.25) is 23.5 Å². The zero-order valence-corrected chi connectivity index (χ0v) is 21.6. The highest BCUT2D eigenvalue weighted by Crippen LogP contribution is 2.32. The molecule has 2 amide bonds. The molecule has 1 saturated heterocycles. The van der Waals surface area contributed by atoms with Gasteiger partial charge in [-0.1, -0.05) is 41.0 Å². The highest BCUT2D eigenvalue weighted by molar-refractivity contribution is 6.30. The Bertz CT molecular complexity index is 1190. The van der Waals surface area contributed by atoms with Gasteiger partial charge in [0.25, 0.3) is 0 Å². The highest BCUT2D eigenvalue weighted by Gasteiger charge is 2.34. The molecule has 1 aliphatic heterocycles. The number of halogens is 1. The maximum atomic E-state index is 13.5. The third-order valence-electron chi connectivity index (χ3n) is 6.40. The van der Waals surface area contributed by atoms with E-state index in [2.05, 4.69) is 10.1 Å². The second-order valence-electron chi connectivity index (χ2n) is 9.21. The Balaban J connectivity index is 1.47. The summed E-state index contributed by atoms with van der Waals surface area (Å²) in [6, 6.07) is 14.2. The predicted octanol–water partition coefficient (Wildman–Crippen LogP) is 4.93. The second-order valence-corrected chi connectivity index (χ2v) is 9.64. The fraction of sp³-hybridized carbons (Fsp3) is 0.407. The van der Waals surface area contributed by atoms with Crippen molar-refractivity contribution in [1.29, 1.82) is 0 Å². The number of rotatable bonds is 8. The molecule has 1 aliphatic rings. The normalized spacial score (nSPS) is 15.7. The molecule has 1 fully saturated rings. The first-order chi connectivity index (χ1) is 17.4. The minimum atomic E-state index is -0.322. The van der Waals surface area contributed by atoms with Gasteiger partial charge in [0.1, 0.15) is 18.3 Å². The number of likely N-dealkylation sites (tertiary alicyclic amines) is 1. The lowest BCUT2D eigenvalue weighted by atomic mass is 10.0. The number of carbonyl (C=O) groups is 2. The van der Waals surface area contributed by atoms with Crippen LogP contribution in [-0.4, -0.2) is 58.0 Å². The van der Waals surface area contributed by atoms with E-state index >= 15 is 0 Å². The molecule has 9 heteroatoms. The van der Waals surface area contributed by atoms with Crippen molar-refractivity contribution < 1.29 is 18.8 Å². The summed E-state index contributed by atoms with van der Waals surface area (Å²) in [5.41, 5.74) is 1.62. The molecule has 0 aliphatic carbocycles. The third kappa shape index (κ3) is 6.05. The number of hydrogen-bond acceptors (Lipinski definition) is 6. The Morgan fingerprint density at radius 2 is 1.97 bits per heavy atom. The Hall–Kier alpha value is -3.39. The molecule has 1 atom stereocenters. The molecule has 190 valence electrons. The number of aromatic nitrogens is 2. The smallest absolute Gasteiger partial charge is 0.249 e.